The number of ether oxygens (including phenoxy) is 1. The minimum absolute atomic E-state index is 0.140. The van der Waals surface area contributed by atoms with Crippen LogP contribution in [0.5, 0.6) is 0 Å². The van der Waals surface area contributed by atoms with Gasteiger partial charge in [0, 0.05) is 20.2 Å². The lowest BCUT2D eigenvalue weighted by molar-refractivity contribution is -0.0527. The zero-order chi connectivity index (χ0) is 13.9. The summed E-state index contributed by atoms with van der Waals surface area (Å²) in [5.41, 5.74) is 1.16. The summed E-state index contributed by atoms with van der Waals surface area (Å²) in [5, 5.41) is 9.07. The Morgan fingerprint density at radius 1 is 1.53 bits per heavy atom. The molecular formula is C15H19FN2O. The van der Waals surface area contributed by atoms with Crippen molar-refractivity contribution in [3.63, 3.8) is 0 Å². The molecule has 1 saturated heterocycles. The lowest BCUT2D eigenvalue weighted by Crippen LogP contribution is -2.46. The molecule has 0 spiro atoms. The van der Waals surface area contributed by atoms with Crippen LogP contribution in [0.25, 0.3) is 0 Å². The predicted octanol–water partition coefficient (Wildman–Crippen LogP) is 2.70. The summed E-state index contributed by atoms with van der Waals surface area (Å²) in [6.45, 7) is 4.46. The third kappa shape index (κ3) is 3.31. The standard InChI is InChI=1S/C15H19FN2O/c1-15(19-2)6-3-7-18(11-15)10-13-8-14(16)5-4-12(13)9-17/h4-5,8H,3,6-7,10-11H2,1-2H3. The molecule has 1 aromatic carbocycles. The average Bonchev–Trinajstić information content (AvgIpc) is 2.39. The van der Waals surface area contributed by atoms with Crippen LogP contribution in [0, 0.1) is 17.1 Å². The number of halogens is 1. The van der Waals surface area contributed by atoms with Crippen LogP contribution in [-0.2, 0) is 11.3 Å². The first-order chi connectivity index (χ1) is 9.06. The Labute approximate surface area is 113 Å². The van der Waals surface area contributed by atoms with Crippen molar-refractivity contribution < 1.29 is 9.13 Å². The van der Waals surface area contributed by atoms with E-state index >= 15 is 0 Å². The van der Waals surface area contributed by atoms with Crippen molar-refractivity contribution >= 4 is 0 Å². The van der Waals surface area contributed by atoms with Gasteiger partial charge in [0.05, 0.1) is 17.2 Å². The molecule has 0 aliphatic carbocycles. The molecule has 2 rings (SSSR count). The van der Waals surface area contributed by atoms with Gasteiger partial charge in [0.1, 0.15) is 5.82 Å². The summed E-state index contributed by atoms with van der Waals surface area (Å²) in [5.74, 6) is -0.291. The Kier molecular flexibility index (Phi) is 4.18. The summed E-state index contributed by atoms with van der Waals surface area (Å²) < 4.78 is 18.8. The van der Waals surface area contributed by atoms with Gasteiger partial charge in [0.25, 0.3) is 0 Å². The zero-order valence-corrected chi connectivity index (χ0v) is 11.4. The van der Waals surface area contributed by atoms with E-state index in [1.54, 1.807) is 13.2 Å². The molecule has 0 bridgehead atoms. The number of hydrogen-bond acceptors (Lipinski definition) is 3. The quantitative estimate of drug-likeness (QED) is 0.840. The van der Waals surface area contributed by atoms with Crippen LogP contribution in [0.4, 0.5) is 4.39 Å². The third-order valence-corrected chi connectivity index (χ3v) is 3.81. The van der Waals surface area contributed by atoms with E-state index in [-0.39, 0.29) is 11.4 Å². The Bertz CT molecular complexity index is 497. The maximum atomic E-state index is 13.3. The van der Waals surface area contributed by atoms with Gasteiger partial charge in [-0.05, 0) is 50.1 Å². The summed E-state index contributed by atoms with van der Waals surface area (Å²) in [7, 11) is 1.73. The molecule has 0 radical (unpaired) electrons. The summed E-state index contributed by atoms with van der Waals surface area (Å²) >= 11 is 0. The van der Waals surface area contributed by atoms with Gasteiger partial charge in [-0.25, -0.2) is 4.39 Å². The lowest BCUT2D eigenvalue weighted by Gasteiger charge is -2.39. The molecule has 1 aliphatic rings. The Morgan fingerprint density at radius 2 is 2.32 bits per heavy atom. The molecule has 1 fully saturated rings. The molecule has 3 nitrogen and oxygen atoms in total. The highest BCUT2D eigenvalue weighted by atomic mass is 19.1. The van der Waals surface area contributed by atoms with Gasteiger partial charge in [0.2, 0.25) is 0 Å². The van der Waals surface area contributed by atoms with E-state index < -0.39 is 0 Å². The van der Waals surface area contributed by atoms with E-state index in [1.807, 2.05) is 0 Å². The Morgan fingerprint density at radius 3 is 3.00 bits per heavy atom. The molecule has 1 aliphatic heterocycles. The second kappa shape index (κ2) is 5.68. The molecule has 0 N–H and O–H groups in total. The normalized spacial score (nSPS) is 24.1. The molecule has 102 valence electrons. The molecule has 1 heterocycles. The molecule has 1 unspecified atom stereocenters. The topological polar surface area (TPSA) is 36.3 Å². The molecule has 4 heteroatoms. The molecular weight excluding hydrogens is 243 g/mol. The van der Waals surface area contributed by atoms with Crippen molar-refractivity contribution in [2.45, 2.75) is 31.9 Å². The van der Waals surface area contributed by atoms with Crippen molar-refractivity contribution in [1.82, 2.24) is 4.90 Å². The number of nitrogens with zero attached hydrogens (tertiary/aromatic N) is 2. The first-order valence-corrected chi connectivity index (χ1v) is 6.52. The lowest BCUT2D eigenvalue weighted by atomic mass is 9.94. The second-order valence-corrected chi connectivity index (χ2v) is 5.38. The fourth-order valence-corrected chi connectivity index (χ4v) is 2.65. The number of methoxy groups -OCH3 is 1. The van der Waals surface area contributed by atoms with Gasteiger partial charge in [0.15, 0.2) is 0 Å². The number of rotatable bonds is 3. The van der Waals surface area contributed by atoms with Crippen molar-refractivity contribution in [3.05, 3.63) is 35.1 Å². The highest BCUT2D eigenvalue weighted by Gasteiger charge is 2.30. The minimum Gasteiger partial charge on any atom is -0.377 e. The second-order valence-electron chi connectivity index (χ2n) is 5.38. The minimum atomic E-state index is -0.291. The third-order valence-electron chi connectivity index (χ3n) is 3.81. The predicted molar refractivity (Wildman–Crippen MR) is 71.0 cm³/mol. The smallest absolute Gasteiger partial charge is 0.123 e. The summed E-state index contributed by atoms with van der Waals surface area (Å²) in [6.07, 6.45) is 2.09. The van der Waals surface area contributed by atoms with Gasteiger partial charge < -0.3 is 4.74 Å². The molecule has 1 aromatic rings. The van der Waals surface area contributed by atoms with Crippen molar-refractivity contribution in [2.24, 2.45) is 0 Å². The molecule has 0 aromatic heterocycles. The summed E-state index contributed by atoms with van der Waals surface area (Å²) in [4.78, 5) is 2.22. The number of piperidine rings is 1. The van der Waals surface area contributed by atoms with E-state index in [4.69, 9.17) is 10.00 Å². The maximum Gasteiger partial charge on any atom is 0.123 e. The van der Waals surface area contributed by atoms with Crippen LogP contribution < -0.4 is 0 Å². The summed E-state index contributed by atoms with van der Waals surface area (Å²) in [6, 6.07) is 6.45. The van der Waals surface area contributed by atoms with Gasteiger partial charge in [-0.2, -0.15) is 5.26 Å². The van der Waals surface area contributed by atoms with E-state index in [0.29, 0.717) is 12.1 Å². The molecule has 1 atom stereocenters. The maximum absolute atomic E-state index is 13.3. The SMILES string of the molecule is COC1(C)CCCN(Cc2cc(F)ccc2C#N)C1. The van der Waals surface area contributed by atoms with Crippen LogP contribution in [0.3, 0.4) is 0 Å². The van der Waals surface area contributed by atoms with Gasteiger partial charge >= 0.3 is 0 Å². The largest absolute Gasteiger partial charge is 0.377 e. The monoisotopic (exact) mass is 262 g/mol. The van der Waals surface area contributed by atoms with E-state index in [1.165, 1.54) is 12.1 Å². The van der Waals surface area contributed by atoms with Crippen molar-refractivity contribution in [1.29, 1.82) is 5.26 Å². The van der Waals surface area contributed by atoms with E-state index in [2.05, 4.69) is 17.9 Å². The van der Waals surface area contributed by atoms with Crippen LogP contribution in [0.2, 0.25) is 0 Å². The van der Waals surface area contributed by atoms with Crippen LogP contribution in [-0.4, -0.2) is 30.7 Å². The van der Waals surface area contributed by atoms with Crippen LogP contribution >= 0.6 is 0 Å². The van der Waals surface area contributed by atoms with Crippen LogP contribution in [0.1, 0.15) is 30.9 Å². The van der Waals surface area contributed by atoms with Gasteiger partial charge in [-0.15, -0.1) is 0 Å². The van der Waals surface area contributed by atoms with Gasteiger partial charge in [-0.3, -0.25) is 4.90 Å². The fraction of sp³-hybridized carbons (Fsp3) is 0.533. The first-order valence-electron chi connectivity index (χ1n) is 6.52. The number of hydrogen-bond donors (Lipinski definition) is 0. The molecule has 19 heavy (non-hydrogen) atoms. The Hall–Kier alpha value is -1.44. The highest BCUT2D eigenvalue weighted by Crippen LogP contribution is 2.25. The number of nitriles is 1. The Balaban J connectivity index is 2.13. The molecule has 0 saturated carbocycles. The van der Waals surface area contributed by atoms with Gasteiger partial charge in [-0.1, -0.05) is 0 Å². The first kappa shape index (κ1) is 14.0. The zero-order valence-electron chi connectivity index (χ0n) is 11.4. The molecule has 0 amide bonds. The van der Waals surface area contributed by atoms with Crippen molar-refractivity contribution in [2.75, 3.05) is 20.2 Å². The fourth-order valence-electron chi connectivity index (χ4n) is 2.65. The van der Waals surface area contributed by atoms with Crippen molar-refractivity contribution in [3.8, 4) is 6.07 Å². The van der Waals surface area contributed by atoms with Crippen LogP contribution in [0.15, 0.2) is 18.2 Å². The highest BCUT2D eigenvalue weighted by molar-refractivity contribution is 5.37. The number of likely N-dealkylation sites (tertiary alicyclic amines) is 1. The average molecular weight is 262 g/mol. The number of benzene rings is 1. The van der Waals surface area contributed by atoms with E-state index in [0.717, 1.165) is 31.5 Å². The van der Waals surface area contributed by atoms with E-state index in [9.17, 15) is 4.39 Å².